The van der Waals surface area contributed by atoms with Crippen molar-refractivity contribution in [1.82, 2.24) is 5.32 Å². The quantitative estimate of drug-likeness (QED) is 0.842. The third-order valence-corrected chi connectivity index (χ3v) is 4.04. The minimum Gasteiger partial charge on any atom is -0.494 e. The van der Waals surface area contributed by atoms with E-state index in [9.17, 15) is 0 Å². The molecule has 0 atom stereocenters. The second-order valence-electron chi connectivity index (χ2n) is 4.52. The van der Waals surface area contributed by atoms with Crippen molar-refractivity contribution < 1.29 is 9.47 Å². The van der Waals surface area contributed by atoms with Crippen LogP contribution < -0.4 is 14.8 Å². The topological polar surface area (TPSA) is 30.5 Å². The number of nitrogens with one attached hydrogen (secondary N) is 1. The van der Waals surface area contributed by atoms with Gasteiger partial charge in [0.25, 0.3) is 0 Å². The molecule has 0 amide bonds. The lowest BCUT2D eigenvalue weighted by atomic mass is 10.2. The average Bonchev–Trinajstić information content (AvgIpc) is 2.79. The van der Waals surface area contributed by atoms with Crippen LogP contribution in [0.15, 0.2) is 30.3 Å². The summed E-state index contributed by atoms with van der Waals surface area (Å²) in [5.41, 5.74) is 1.26. The van der Waals surface area contributed by atoms with Gasteiger partial charge in [-0.15, -0.1) is 11.3 Å². The van der Waals surface area contributed by atoms with Crippen molar-refractivity contribution in [2.75, 3.05) is 13.7 Å². The molecule has 3 nitrogen and oxygen atoms in total. The summed E-state index contributed by atoms with van der Waals surface area (Å²) in [5, 5.41) is 3.17. The van der Waals surface area contributed by atoms with Gasteiger partial charge in [0.05, 0.1) is 6.61 Å². The Morgan fingerprint density at radius 3 is 2.35 bits per heavy atom. The number of aryl methyl sites for hydroxylation is 1. The molecule has 0 bridgehead atoms. The van der Waals surface area contributed by atoms with Crippen molar-refractivity contribution in [1.29, 1.82) is 0 Å². The van der Waals surface area contributed by atoms with Crippen LogP contribution in [0.5, 0.6) is 11.5 Å². The summed E-state index contributed by atoms with van der Waals surface area (Å²) in [5.74, 6) is 1.75. The van der Waals surface area contributed by atoms with Crippen molar-refractivity contribution in [2.45, 2.75) is 27.0 Å². The molecule has 0 aliphatic rings. The third-order valence-electron chi connectivity index (χ3n) is 2.95. The summed E-state index contributed by atoms with van der Waals surface area (Å²) in [6.45, 7) is 6.32. The molecule has 20 heavy (non-hydrogen) atoms. The lowest BCUT2D eigenvalue weighted by Crippen LogP contribution is -2.02. The number of ether oxygens (including phenoxy) is 2. The molecule has 1 heterocycles. The van der Waals surface area contributed by atoms with E-state index in [4.69, 9.17) is 9.47 Å². The lowest BCUT2D eigenvalue weighted by molar-refractivity contribution is 0.303. The van der Waals surface area contributed by atoms with E-state index in [1.807, 2.05) is 49.6 Å². The molecule has 0 spiro atoms. The fourth-order valence-corrected chi connectivity index (χ4v) is 3.01. The van der Waals surface area contributed by atoms with Gasteiger partial charge in [0.15, 0.2) is 0 Å². The fourth-order valence-electron chi connectivity index (χ4n) is 1.95. The first kappa shape index (κ1) is 14.9. The Bertz CT molecular complexity index is 534. The predicted octanol–water partition coefficient (Wildman–Crippen LogP) is 3.75. The van der Waals surface area contributed by atoms with Gasteiger partial charge in [-0.25, -0.2) is 0 Å². The second kappa shape index (κ2) is 7.31. The van der Waals surface area contributed by atoms with Gasteiger partial charge in [-0.3, -0.25) is 0 Å². The zero-order valence-electron chi connectivity index (χ0n) is 12.2. The van der Waals surface area contributed by atoms with Crippen molar-refractivity contribution >= 4 is 11.3 Å². The molecule has 1 aromatic heterocycles. The standard InChI is InChI=1S/C16H21NO2S/c1-4-18-14-5-7-15(8-6-14)19-11-13-9-16(10-17-3)20-12(13)2/h5-9,17H,4,10-11H2,1-3H3. The highest BCUT2D eigenvalue weighted by molar-refractivity contribution is 7.12. The van der Waals surface area contributed by atoms with E-state index in [2.05, 4.69) is 18.3 Å². The first-order valence-corrected chi connectivity index (χ1v) is 7.63. The van der Waals surface area contributed by atoms with Gasteiger partial charge in [0, 0.05) is 21.9 Å². The summed E-state index contributed by atoms with van der Waals surface area (Å²) in [6, 6.07) is 9.98. The maximum atomic E-state index is 5.83. The number of hydrogen-bond acceptors (Lipinski definition) is 4. The van der Waals surface area contributed by atoms with Crippen molar-refractivity contribution in [3.05, 3.63) is 45.6 Å². The minimum atomic E-state index is 0.611. The van der Waals surface area contributed by atoms with Crippen LogP contribution in [0.3, 0.4) is 0 Å². The van der Waals surface area contributed by atoms with Crippen molar-refractivity contribution in [3.8, 4) is 11.5 Å². The SMILES string of the molecule is CCOc1ccc(OCc2cc(CNC)sc2C)cc1. The molecule has 4 heteroatoms. The first-order chi connectivity index (χ1) is 9.72. The van der Waals surface area contributed by atoms with Crippen LogP contribution in [0.4, 0.5) is 0 Å². The minimum absolute atomic E-state index is 0.611. The highest BCUT2D eigenvalue weighted by Crippen LogP contribution is 2.24. The van der Waals surface area contributed by atoms with E-state index in [-0.39, 0.29) is 0 Å². The Morgan fingerprint density at radius 2 is 1.75 bits per heavy atom. The van der Waals surface area contributed by atoms with Crippen LogP contribution in [0.25, 0.3) is 0 Å². The van der Waals surface area contributed by atoms with E-state index >= 15 is 0 Å². The molecule has 1 aromatic carbocycles. The van der Waals surface area contributed by atoms with Gasteiger partial charge < -0.3 is 14.8 Å². The summed E-state index contributed by atoms with van der Waals surface area (Å²) < 4.78 is 11.2. The molecule has 2 rings (SSSR count). The summed E-state index contributed by atoms with van der Waals surface area (Å²) in [7, 11) is 1.96. The highest BCUT2D eigenvalue weighted by Gasteiger charge is 2.06. The Labute approximate surface area is 124 Å². The predicted molar refractivity (Wildman–Crippen MR) is 83.8 cm³/mol. The van der Waals surface area contributed by atoms with Gasteiger partial charge in [-0.05, 0) is 51.2 Å². The molecule has 1 N–H and O–H groups in total. The highest BCUT2D eigenvalue weighted by atomic mass is 32.1. The lowest BCUT2D eigenvalue weighted by Gasteiger charge is -2.07. The maximum Gasteiger partial charge on any atom is 0.120 e. The normalized spacial score (nSPS) is 10.6. The van der Waals surface area contributed by atoms with Gasteiger partial charge >= 0.3 is 0 Å². The van der Waals surface area contributed by atoms with Gasteiger partial charge in [-0.1, -0.05) is 0 Å². The van der Waals surface area contributed by atoms with Crippen LogP contribution in [0.1, 0.15) is 22.2 Å². The molecule has 0 aliphatic carbocycles. The Morgan fingerprint density at radius 1 is 1.10 bits per heavy atom. The summed E-state index contributed by atoms with van der Waals surface area (Å²) >= 11 is 1.82. The van der Waals surface area contributed by atoms with E-state index < -0.39 is 0 Å². The molecular formula is C16H21NO2S. The Balaban J connectivity index is 1.94. The van der Waals surface area contributed by atoms with Gasteiger partial charge in [0.1, 0.15) is 18.1 Å². The Kier molecular flexibility index (Phi) is 5.44. The number of hydrogen-bond donors (Lipinski definition) is 1. The van der Waals surface area contributed by atoms with E-state index in [1.54, 1.807) is 0 Å². The van der Waals surface area contributed by atoms with Crippen molar-refractivity contribution in [3.63, 3.8) is 0 Å². The molecule has 108 valence electrons. The van der Waals surface area contributed by atoms with Crippen LogP contribution in [0.2, 0.25) is 0 Å². The monoisotopic (exact) mass is 291 g/mol. The molecule has 0 aliphatic heterocycles. The largest absolute Gasteiger partial charge is 0.494 e. The smallest absolute Gasteiger partial charge is 0.120 e. The molecule has 0 radical (unpaired) electrons. The number of benzene rings is 1. The molecule has 0 unspecified atom stereocenters. The van der Waals surface area contributed by atoms with Crippen LogP contribution in [-0.2, 0) is 13.2 Å². The van der Waals surface area contributed by atoms with E-state index in [1.165, 1.54) is 15.3 Å². The average molecular weight is 291 g/mol. The zero-order valence-corrected chi connectivity index (χ0v) is 13.0. The van der Waals surface area contributed by atoms with Crippen LogP contribution in [0, 0.1) is 6.92 Å². The first-order valence-electron chi connectivity index (χ1n) is 6.81. The Hall–Kier alpha value is -1.52. The van der Waals surface area contributed by atoms with Crippen molar-refractivity contribution in [2.24, 2.45) is 0 Å². The maximum absolute atomic E-state index is 5.83. The third kappa shape index (κ3) is 3.99. The second-order valence-corrected chi connectivity index (χ2v) is 5.86. The zero-order chi connectivity index (χ0) is 14.4. The molecule has 2 aromatic rings. The van der Waals surface area contributed by atoms with Gasteiger partial charge in [0.2, 0.25) is 0 Å². The summed E-state index contributed by atoms with van der Waals surface area (Å²) in [4.78, 5) is 2.66. The van der Waals surface area contributed by atoms with Crippen LogP contribution >= 0.6 is 11.3 Å². The molecule has 0 saturated heterocycles. The molecular weight excluding hydrogens is 270 g/mol. The molecule has 0 saturated carbocycles. The van der Waals surface area contributed by atoms with E-state index in [0.717, 1.165) is 18.0 Å². The summed E-state index contributed by atoms with van der Waals surface area (Å²) in [6.07, 6.45) is 0. The number of rotatable bonds is 7. The van der Waals surface area contributed by atoms with Crippen LogP contribution in [-0.4, -0.2) is 13.7 Å². The number of thiophene rings is 1. The fraction of sp³-hybridized carbons (Fsp3) is 0.375. The molecule has 0 fully saturated rings. The van der Waals surface area contributed by atoms with Gasteiger partial charge in [-0.2, -0.15) is 0 Å². The van der Waals surface area contributed by atoms with E-state index in [0.29, 0.717) is 13.2 Å².